The Labute approximate surface area is 151 Å². The lowest BCUT2D eigenvalue weighted by Gasteiger charge is -2.37. The second-order valence-corrected chi connectivity index (χ2v) is 7.50. The normalized spacial score (nSPS) is 27.1. The summed E-state index contributed by atoms with van der Waals surface area (Å²) in [4.78, 5) is 2.40. The minimum atomic E-state index is -0.434. The van der Waals surface area contributed by atoms with Gasteiger partial charge in [-0.25, -0.2) is 0 Å². The van der Waals surface area contributed by atoms with E-state index in [0.29, 0.717) is 6.42 Å². The number of benzene rings is 1. The summed E-state index contributed by atoms with van der Waals surface area (Å²) in [7, 11) is 3.88. The summed E-state index contributed by atoms with van der Waals surface area (Å²) in [5, 5.41) is 10.1. The van der Waals surface area contributed by atoms with Crippen molar-refractivity contribution in [1.29, 1.82) is 0 Å². The standard InChI is InChI=1S/C21H31NO3/c1-5-6-12-22(3)13-11-21-10-9-16(23)14-18(21)25-20-17(24-4)8-7-15(2)19(20)21/h7-10,16,18,23H,5-6,11-14H2,1-4H3/t16-,18-,21-/m0/s1. The van der Waals surface area contributed by atoms with Gasteiger partial charge >= 0.3 is 0 Å². The molecule has 1 aliphatic heterocycles. The number of unbranched alkanes of at least 4 members (excludes halogenated alkanes) is 1. The van der Waals surface area contributed by atoms with Crippen LogP contribution in [0.3, 0.4) is 0 Å². The molecule has 0 aromatic heterocycles. The van der Waals surface area contributed by atoms with Gasteiger partial charge in [0, 0.05) is 12.0 Å². The third kappa shape index (κ3) is 3.30. The molecule has 0 unspecified atom stereocenters. The molecule has 4 nitrogen and oxygen atoms in total. The molecule has 1 aromatic rings. The first-order valence-electron chi connectivity index (χ1n) is 9.42. The Balaban J connectivity index is 1.95. The highest BCUT2D eigenvalue weighted by molar-refractivity contribution is 5.60. The fourth-order valence-electron chi connectivity index (χ4n) is 4.24. The molecule has 0 radical (unpaired) electrons. The van der Waals surface area contributed by atoms with Crippen molar-refractivity contribution < 1.29 is 14.6 Å². The monoisotopic (exact) mass is 345 g/mol. The second kappa shape index (κ2) is 7.38. The third-order valence-corrected chi connectivity index (χ3v) is 5.72. The van der Waals surface area contributed by atoms with Crippen LogP contribution >= 0.6 is 0 Å². The lowest BCUT2D eigenvalue weighted by molar-refractivity contribution is 0.0808. The first-order valence-corrected chi connectivity index (χ1v) is 9.42. The zero-order valence-electron chi connectivity index (χ0n) is 15.9. The van der Waals surface area contributed by atoms with Gasteiger partial charge < -0.3 is 19.5 Å². The van der Waals surface area contributed by atoms with Crippen LogP contribution in [-0.2, 0) is 5.41 Å². The maximum absolute atomic E-state index is 10.1. The van der Waals surface area contributed by atoms with Crippen LogP contribution in [0.2, 0.25) is 0 Å². The van der Waals surface area contributed by atoms with E-state index in [2.05, 4.69) is 37.9 Å². The summed E-state index contributed by atoms with van der Waals surface area (Å²) in [5.41, 5.74) is 2.30. The number of hydrogen-bond acceptors (Lipinski definition) is 4. The molecule has 0 fully saturated rings. The Kier molecular flexibility index (Phi) is 5.40. The van der Waals surface area contributed by atoms with Gasteiger partial charge in [-0.3, -0.25) is 0 Å². The Morgan fingerprint density at radius 3 is 2.88 bits per heavy atom. The summed E-state index contributed by atoms with van der Waals surface area (Å²) in [6, 6.07) is 4.09. The van der Waals surface area contributed by atoms with E-state index in [0.717, 1.165) is 31.0 Å². The van der Waals surface area contributed by atoms with Crippen molar-refractivity contribution >= 4 is 0 Å². The van der Waals surface area contributed by atoms with Gasteiger partial charge in [-0.05, 0) is 51.5 Å². The van der Waals surface area contributed by atoms with Crippen LogP contribution in [-0.4, -0.2) is 49.5 Å². The molecule has 0 spiro atoms. The molecule has 1 aromatic carbocycles. The average Bonchev–Trinajstić information content (AvgIpc) is 2.94. The topological polar surface area (TPSA) is 41.9 Å². The summed E-state index contributed by atoms with van der Waals surface area (Å²) in [6.45, 7) is 6.50. The van der Waals surface area contributed by atoms with Gasteiger partial charge in [-0.1, -0.05) is 31.6 Å². The zero-order valence-corrected chi connectivity index (χ0v) is 15.9. The van der Waals surface area contributed by atoms with Gasteiger partial charge in [0.2, 0.25) is 0 Å². The van der Waals surface area contributed by atoms with Gasteiger partial charge in [0.1, 0.15) is 6.10 Å². The first-order chi connectivity index (χ1) is 12.0. The number of hydrogen-bond donors (Lipinski definition) is 1. The van der Waals surface area contributed by atoms with Crippen molar-refractivity contribution in [3.05, 3.63) is 35.4 Å². The van der Waals surface area contributed by atoms with Crippen molar-refractivity contribution in [2.45, 2.75) is 57.2 Å². The van der Waals surface area contributed by atoms with Crippen LogP contribution in [0.4, 0.5) is 0 Å². The number of rotatable bonds is 7. The summed E-state index contributed by atoms with van der Waals surface area (Å²) < 4.78 is 11.9. The molecule has 0 bridgehead atoms. The highest BCUT2D eigenvalue weighted by Crippen LogP contribution is 2.54. The second-order valence-electron chi connectivity index (χ2n) is 7.50. The van der Waals surface area contributed by atoms with Gasteiger partial charge in [0.25, 0.3) is 0 Å². The number of nitrogens with zero attached hydrogens (tertiary/aromatic N) is 1. The number of aryl methyl sites for hydroxylation is 1. The van der Waals surface area contributed by atoms with Crippen molar-refractivity contribution in [2.24, 2.45) is 0 Å². The molecule has 1 N–H and O–H groups in total. The van der Waals surface area contributed by atoms with Crippen LogP contribution in [0.1, 0.15) is 43.7 Å². The average molecular weight is 345 g/mol. The van der Waals surface area contributed by atoms with E-state index < -0.39 is 6.10 Å². The maximum Gasteiger partial charge on any atom is 0.166 e. The van der Waals surface area contributed by atoms with E-state index in [1.54, 1.807) is 7.11 Å². The minimum absolute atomic E-state index is 0.0305. The van der Waals surface area contributed by atoms with Crippen molar-refractivity contribution in [3.63, 3.8) is 0 Å². The SMILES string of the molecule is CCCCN(C)CC[C@@]12C=C[C@H](O)C[C@@H]1Oc1c(OC)ccc(C)c12. The zero-order chi connectivity index (χ0) is 18.0. The fraction of sp³-hybridized carbons (Fsp3) is 0.619. The maximum atomic E-state index is 10.1. The van der Waals surface area contributed by atoms with Crippen molar-refractivity contribution in [3.8, 4) is 11.5 Å². The molecule has 4 heteroatoms. The van der Waals surface area contributed by atoms with E-state index in [1.807, 2.05) is 12.1 Å². The molecule has 25 heavy (non-hydrogen) atoms. The highest BCUT2D eigenvalue weighted by Gasteiger charge is 2.51. The molecule has 1 heterocycles. The molecule has 3 rings (SSSR count). The predicted molar refractivity (Wildman–Crippen MR) is 101 cm³/mol. The Morgan fingerprint density at radius 2 is 2.16 bits per heavy atom. The van der Waals surface area contributed by atoms with Crippen LogP contribution in [0.5, 0.6) is 11.5 Å². The number of ether oxygens (including phenoxy) is 2. The fourth-order valence-corrected chi connectivity index (χ4v) is 4.24. The van der Waals surface area contributed by atoms with E-state index in [1.165, 1.54) is 24.0 Å². The lowest BCUT2D eigenvalue weighted by Crippen LogP contribution is -2.44. The van der Waals surface area contributed by atoms with E-state index in [4.69, 9.17) is 9.47 Å². The van der Waals surface area contributed by atoms with Gasteiger partial charge in [0.15, 0.2) is 11.5 Å². The lowest BCUT2D eigenvalue weighted by atomic mass is 9.68. The molecular weight excluding hydrogens is 314 g/mol. The molecule has 0 amide bonds. The van der Waals surface area contributed by atoms with Gasteiger partial charge in [0.05, 0.1) is 18.6 Å². The molecule has 0 saturated carbocycles. The number of methoxy groups -OCH3 is 1. The van der Waals surface area contributed by atoms with E-state index >= 15 is 0 Å². The summed E-state index contributed by atoms with van der Waals surface area (Å²) in [6.07, 6.45) is 7.73. The van der Waals surface area contributed by atoms with Crippen LogP contribution in [0.15, 0.2) is 24.3 Å². The Hall–Kier alpha value is -1.52. The molecular formula is C21H31NO3. The van der Waals surface area contributed by atoms with Gasteiger partial charge in [-0.15, -0.1) is 0 Å². The quantitative estimate of drug-likeness (QED) is 0.769. The predicted octanol–water partition coefficient (Wildman–Crippen LogP) is 3.45. The third-order valence-electron chi connectivity index (χ3n) is 5.72. The smallest absolute Gasteiger partial charge is 0.166 e. The van der Waals surface area contributed by atoms with E-state index in [9.17, 15) is 5.11 Å². The van der Waals surface area contributed by atoms with Crippen molar-refractivity contribution in [1.82, 2.24) is 4.90 Å². The summed E-state index contributed by atoms with van der Waals surface area (Å²) in [5.74, 6) is 1.65. The minimum Gasteiger partial charge on any atom is -0.493 e. The van der Waals surface area contributed by atoms with Crippen LogP contribution in [0.25, 0.3) is 0 Å². The Morgan fingerprint density at radius 1 is 1.36 bits per heavy atom. The molecule has 3 atom stereocenters. The molecule has 0 saturated heterocycles. The van der Waals surface area contributed by atoms with Crippen molar-refractivity contribution in [2.75, 3.05) is 27.2 Å². The highest BCUT2D eigenvalue weighted by atomic mass is 16.5. The number of aliphatic hydroxyl groups is 1. The van der Waals surface area contributed by atoms with Gasteiger partial charge in [-0.2, -0.15) is 0 Å². The molecule has 1 aliphatic carbocycles. The van der Waals surface area contributed by atoms with Crippen LogP contribution in [0, 0.1) is 6.92 Å². The number of fused-ring (bicyclic) bond motifs is 3. The molecule has 138 valence electrons. The summed E-state index contributed by atoms with van der Waals surface area (Å²) >= 11 is 0. The largest absolute Gasteiger partial charge is 0.493 e. The number of aliphatic hydroxyl groups excluding tert-OH is 1. The first kappa shape index (κ1) is 18.3. The molecule has 2 aliphatic rings. The van der Waals surface area contributed by atoms with E-state index in [-0.39, 0.29) is 11.5 Å². The van der Waals surface area contributed by atoms with Crippen LogP contribution < -0.4 is 9.47 Å². The Bertz CT molecular complexity index is 642.